The number of hydrogen-bond acceptors (Lipinski definition) is 7. The number of alkyl halides is 3. The summed E-state index contributed by atoms with van der Waals surface area (Å²) in [5.41, 5.74) is 1.10. The fourth-order valence-corrected chi connectivity index (χ4v) is 7.19. The smallest absolute Gasteiger partial charge is 0.416 e. The van der Waals surface area contributed by atoms with Gasteiger partial charge in [-0.1, -0.05) is 23.4 Å². The second-order valence-corrected chi connectivity index (χ2v) is 13.5. The molecular weight excluding hydrogens is 677 g/mol. The molecular formula is C35H28ClF3N6O5. The number of hydrogen-bond donors (Lipinski definition) is 2. The Balaban J connectivity index is 0.913. The molecule has 1 atom stereocenters. The minimum Gasteiger partial charge on any atom is -0.451 e. The Labute approximate surface area is 287 Å². The zero-order valence-corrected chi connectivity index (χ0v) is 27.0. The van der Waals surface area contributed by atoms with Gasteiger partial charge in [-0.25, -0.2) is 0 Å². The van der Waals surface area contributed by atoms with Crippen molar-refractivity contribution in [3.8, 4) is 11.8 Å². The van der Waals surface area contributed by atoms with Gasteiger partial charge in [-0.3, -0.25) is 29.2 Å². The Kier molecular flexibility index (Phi) is 7.45. The predicted octanol–water partition coefficient (Wildman–Crippen LogP) is 5.07. The number of nitrogens with one attached hydrogen (secondary N) is 2. The quantitative estimate of drug-likeness (QED) is 0.219. The zero-order chi connectivity index (χ0) is 34.9. The zero-order valence-electron chi connectivity index (χ0n) is 26.3. The second-order valence-electron chi connectivity index (χ2n) is 13.1. The van der Waals surface area contributed by atoms with Crippen LogP contribution >= 0.6 is 11.6 Å². The van der Waals surface area contributed by atoms with Crippen molar-refractivity contribution in [1.29, 1.82) is 0 Å². The molecule has 4 aliphatic rings. The molecule has 3 fully saturated rings. The van der Waals surface area contributed by atoms with Gasteiger partial charge in [0.15, 0.2) is 5.76 Å². The lowest BCUT2D eigenvalue weighted by Crippen LogP contribution is -2.52. The summed E-state index contributed by atoms with van der Waals surface area (Å²) in [4.78, 5) is 54.1. The highest BCUT2D eigenvalue weighted by molar-refractivity contribution is 6.33. The van der Waals surface area contributed by atoms with E-state index in [4.69, 9.17) is 16.0 Å². The maximum Gasteiger partial charge on any atom is 0.416 e. The van der Waals surface area contributed by atoms with Crippen molar-refractivity contribution in [3.63, 3.8) is 0 Å². The second kappa shape index (κ2) is 11.7. The highest BCUT2D eigenvalue weighted by Crippen LogP contribution is 2.42. The molecule has 15 heteroatoms. The van der Waals surface area contributed by atoms with E-state index in [9.17, 15) is 32.3 Å². The number of amides is 4. The number of furan rings is 1. The molecule has 4 aromatic rings. The lowest BCUT2D eigenvalue weighted by molar-refractivity contribution is -0.138. The summed E-state index contributed by atoms with van der Waals surface area (Å²) in [6, 6.07) is 7.84. The Morgan fingerprint density at radius 1 is 1.12 bits per heavy atom. The molecule has 3 aliphatic heterocycles. The van der Waals surface area contributed by atoms with Crippen molar-refractivity contribution in [3.05, 3.63) is 76.3 Å². The standard InChI is InChI=1S/C35H28ClF3N6O5/c36-25-12-21(35(37,38)39)4-6-26(25)41-33(49)34(10-1-11-34)45-17-19(14-40-45)2-3-20-15-43(16-20)22-5-8-28-23(13-22)24-18-44(32(48)30(24)50-28)27-7-9-29(46)42-31(27)47/h4-6,8,12-14,17,20,27H,1,7,9-11,15-16,18H2,(H,41,49)(H,42,46,47). The molecule has 0 radical (unpaired) electrons. The SMILES string of the molecule is O=C1CCC(N2Cc3c(oc4ccc(N5CC(C#Cc6cnn(C7(C(=O)Nc8ccc(C(F)(F)F)cc8Cl)CCC7)c6)C5)cc34)C2=O)C(=O)N1. The average Bonchev–Trinajstić information content (AvgIpc) is 3.72. The Bertz CT molecular complexity index is 2170. The van der Waals surface area contributed by atoms with E-state index in [2.05, 4.69) is 32.5 Å². The number of carbonyl (C=O) groups is 4. The number of aromatic nitrogens is 2. The molecule has 5 heterocycles. The van der Waals surface area contributed by atoms with Gasteiger partial charge in [0.2, 0.25) is 11.8 Å². The Morgan fingerprint density at radius 2 is 1.92 bits per heavy atom. The van der Waals surface area contributed by atoms with E-state index in [0.717, 1.165) is 41.3 Å². The number of benzene rings is 2. The van der Waals surface area contributed by atoms with Crippen LogP contribution in [0.3, 0.4) is 0 Å². The number of rotatable bonds is 5. The van der Waals surface area contributed by atoms with Gasteiger partial charge in [0.05, 0.1) is 40.5 Å². The number of fused-ring (bicyclic) bond motifs is 3. The van der Waals surface area contributed by atoms with Crippen LogP contribution in [0.1, 0.15) is 59.3 Å². The molecule has 1 saturated carbocycles. The van der Waals surface area contributed by atoms with Crippen LogP contribution < -0.4 is 15.5 Å². The van der Waals surface area contributed by atoms with Crippen LogP contribution in [0.4, 0.5) is 24.5 Å². The first-order valence-electron chi connectivity index (χ1n) is 16.1. The molecule has 1 aliphatic carbocycles. The fraction of sp³-hybridized carbons (Fsp3) is 0.343. The number of imide groups is 1. The van der Waals surface area contributed by atoms with Gasteiger partial charge in [0, 0.05) is 42.3 Å². The average molecular weight is 705 g/mol. The number of piperidine rings is 1. The van der Waals surface area contributed by atoms with Crippen LogP contribution in [0.15, 0.2) is 53.2 Å². The van der Waals surface area contributed by atoms with E-state index in [-0.39, 0.29) is 53.6 Å². The van der Waals surface area contributed by atoms with Crippen molar-refractivity contribution in [2.45, 2.75) is 56.4 Å². The molecule has 1 unspecified atom stereocenters. The minimum absolute atomic E-state index is 0.0801. The molecule has 50 heavy (non-hydrogen) atoms. The van der Waals surface area contributed by atoms with Gasteiger partial charge in [0.1, 0.15) is 17.2 Å². The molecule has 2 aromatic carbocycles. The summed E-state index contributed by atoms with van der Waals surface area (Å²) >= 11 is 6.07. The normalized spacial score (nSPS) is 20.2. The maximum atomic E-state index is 13.4. The molecule has 0 spiro atoms. The van der Waals surface area contributed by atoms with Gasteiger partial charge >= 0.3 is 6.18 Å². The van der Waals surface area contributed by atoms with Crippen LogP contribution in [0, 0.1) is 17.8 Å². The van der Waals surface area contributed by atoms with Crippen molar-refractivity contribution in [1.82, 2.24) is 20.0 Å². The number of halogens is 4. The molecule has 2 aromatic heterocycles. The number of anilines is 2. The Hall–Kier alpha value is -5.29. The van der Waals surface area contributed by atoms with Crippen LogP contribution in [0.5, 0.6) is 0 Å². The van der Waals surface area contributed by atoms with Crippen molar-refractivity contribution < 1.29 is 36.8 Å². The van der Waals surface area contributed by atoms with Crippen molar-refractivity contribution >= 4 is 57.6 Å². The Morgan fingerprint density at radius 3 is 2.62 bits per heavy atom. The van der Waals surface area contributed by atoms with E-state index in [0.29, 0.717) is 37.1 Å². The van der Waals surface area contributed by atoms with E-state index in [1.165, 1.54) is 4.90 Å². The molecule has 2 N–H and O–H groups in total. The summed E-state index contributed by atoms with van der Waals surface area (Å²) in [5, 5.41) is 10.0. The molecule has 256 valence electrons. The van der Waals surface area contributed by atoms with E-state index in [1.807, 2.05) is 18.2 Å². The van der Waals surface area contributed by atoms with Crippen LogP contribution in [0.2, 0.25) is 5.02 Å². The summed E-state index contributed by atoms with van der Waals surface area (Å²) in [6.45, 7) is 1.58. The number of nitrogens with zero attached hydrogens (tertiary/aromatic N) is 4. The molecule has 0 bridgehead atoms. The van der Waals surface area contributed by atoms with Gasteiger partial charge in [0.25, 0.3) is 11.8 Å². The fourth-order valence-electron chi connectivity index (χ4n) is 6.96. The van der Waals surface area contributed by atoms with Crippen LogP contribution in [-0.2, 0) is 32.6 Å². The predicted molar refractivity (Wildman–Crippen MR) is 174 cm³/mol. The summed E-state index contributed by atoms with van der Waals surface area (Å²) in [7, 11) is 0. The number of carbonyl (C=O) groups excluding carboxylic acids is 4. The monoisotopic (exact) mass is 704 g/mol. The van der Waals surface area contributed by atoms with Gasteiger partial charge in [-0.15, -0.1) is 0 Å². The third-order valence-corrected chi connectivity index (χ3v) is 10.3. The van der Waals surface area contributed by atoms with E-state index in [1.54, 1.807) is 17.1 Å². The lowest BCUT2D eigenvalue weighted by Gasteiger charge is -2.40. The van der Waals surface area contributed by atoms with Gasteiger partial charge in [-0.2, -0.15) is 18.3 Å². The lowest BCUT2D eigenvalue weighted by atomic mass is 9.76. The van der Waals surface area contributed by atoms with Crippen molar-refractivity contribution in [2.24, 2.45) is 5.92 Å². The van der Waals surface area contributed by atoms with E-state index >= 15 is 0 Å². The first-order chi connectivity index (χ1) is 23.9. The van der Waals surface area contributed by atoms with E-state index < -0.39 is 35.1 Å². The molecule has 2 saturated heterocycles. The van der Waals surface area contributed by atoms with Crippen LogP contribution in [0.25, 0.3) is 11.0 Å². The molecule has 11 nitrogen and oxygen atoms in total. The highest BCUT2D eigenvalue weighted by Gasteiger charge is 2.47. The van der Waals surface area contributed by atoms with Crippen molar-refractivity contribution in [2.75, 3.05) is 23.3 Å². The van der Waals surface area contributed by atoms with Gasteiger partial charge < -0.3 is 19.5 Å². The highest BCUT2D eigenvalue weighted by atomic mass is 35.5. The summed E-state index contributed by atoms with van der Waals surface area (Å²) in [5.74, 6) is 5.15. The summed E-state index contributed by atoms with van der Waals surface area (Å²) in [6.07, 6.45) is 1.02. The first-order valence-corrected chi connectivity index (χ1v) is 16.5. The van der Waals surface area contributed by atoms with Crippen LogP contribution in [-0.4, -0.2) is 57.4 Å². The molecule has 4 amide bonds. The molecule has 8 rings (SSSR count). The topological polar surface area (TPSA) is 130 Å². The summed E-state index contributed by atoms with van der Waals surface area (Å²) < 4.78 is 46.6. The third-order valence-electron chi connectivity index (χ3n) is 9.98. The first kappa shape index (κ1) is 31.9. The largest absolute Gasteiger partial charge is 0.451 e. The third kappa shape index (κ3) is 5.36. The maximum absolute atomic E-state index is 13.4. The minimum atomic E-state index is -4.55. The van der Waals surface area contributed by atoms with Gasteiger partial charge in [-0.05, 0) is 62.1 Å².